The van der Waals surface area contributed by atoms with Gasteiger partial charge >= 0.3 is 5.97 Å². The number of hydrogen-bond donors (Lipinski definition) is 1. The monoisotopic (exact) mass is 537 g/mol. The first-order valence-electron chi connectivity index (χ1n) is 12.8. The summed E-state index contributed by atoms with van der Waals surface area (Å²) in [6.07, 6.45) is 6.64. The van der Waals surface area contributed by atoms with Crippen molar-refractivity contribution in [3.8, 4) is 22.7 Å². The molecule has 0 atom stereocenters. The molecule has 0 radical (unpaired) electrons. The van der Waals surface area contributed by atoms with Gasteiger partial charge < -0.3 is 14.4 Å². The zero-order chi connectivity index (χ0) is 26.8. The number of nitrogens with zero attached hydrogens (tertiary/aromatic N) is 3. The van der Waals surface area contributed by atoms with Crippen LogP contribution < -0.4 is 0 Å². The number of phenolic OH excluding ortho intramolecular Hbond substituents is 1. The van der Waals surface area contributed by atoms with E-state index in [0.29, 0.717) is 41.0 Å². The van der Waals surface area contributed by atoms with Crippen LogP contribution in [-0.2, 0) is 16.0 Å². The lowest BCUT2D eigenvalue weighted by Crippen LogP contribution is -2.51. The fourth-order valence-electron chi connectivity index (χ4n) is 5.28. The van der Waals surface area contributed by atoms with E-state index in [0.717, 1.165) is 38.0 Å². The number of ether oxygens (including phenoxy) is 1. The van der Waals surface area contributed by atoms with Gasteiger partial charge in [0, 0.05) is 43.4 Å². The van der Waals surface area contributed by atoms with E-state index in [4.69, 9.17) is 16.3 Å². The van der Waals surface area contributed by atoms with Gasteiger partial charge in [0.05, 0.1) is 28.6 Å². The summed E-state index contributed by atoms with van der Waals surface area (Å²) in [5, 5.41) is 14.0. The number of rotatable bonds is 6. The molecule has 0 spiro atoms. The van der Waals surface area contributed by atoms with Crippen LogP contribution in [0.4, 0.5) is 4.39 Å². The summed E-state index contributed by atoms with van der Waals surface area (Å²) in [5.41, 5.74) is 3.54. The summed E-state index contributed by atoms with van der Waals surface area (Å²) < 4.78 is 21.0. The van der Waals surface area contributed by atoms with Crippen LogP contribution >= 0.6 is 11.6 Å². The number of benzene rings is 2. The Morgan fingerprint density at radius 1 is 1.11 bits per heavy atom. The summed E-state index contributed by atoms with van der Waals surface area (Å²) in [7, 11) is 0. The number of piperidine rings is 1. The van der Waals surface area contributed by atoms with Crippen molar-refractivity contribution in [2.75, 3.05) is 26.2 Å². The summed E-state index contributed by atoms with van der Waals surface area (Å²) in [5.74, 6) is -1.07. The number of fused-ring (bicyclic) bond motifs is 1. The number of esters is 1. The van der Waals surface area contributed by atoms with Gasteiger partial charge in [-0.15, -0.1) is 0 Å². The third-order valence-corrected chi connectivity index (χ3v) is 7.26. The molecule has 38 heavy (non-hydrogen) atoms. The highest BCUT2D eigenvalue weighted by atomic mass is 35.5. The molecule has 7 nitrogen and oxygen atoms in total. The normalized spacial score (nSPS) is 16.2. The topological polar surface area (TPSA) is 75.0 Å². The molecule has 2 aliphatic rings. The van der Waals surface area contributed by atoms with E-state index in [9.17, 15) is 19.1 Å². The lowest BCUT2D eigenvalue weighted by Gasteiger charge is -2.39. The van der Waals surface area contributed by atoms with Crippen LogP contribution in [0.25, 0.3) is 23.0 Å². The van der Waals surface area contributed by atoms with E-state index in [-0.39, 0.29) is 23.3 Å². The van der Waals surface area contributed by atoms with E-state index >= 15 is 0 Å². The van der Waals surface area contributed by atoms with Crippen LogP contribution in [0, 0.1) is 5.82 Å². The molecule has 1 saturated heterocycles. The maximum Gasteiger partial charge on any atom is 0.330 e. The Balaban J connectivity index is 1.77. The highest BCUT2D eigenvalue weighted by Gasteiger charge is 2.37. The van der Waals surface area contributed by atoms with E-state index in [2.05, 4.69) is 5.01 Å². The van der Waals surface area contributed by atoms with Gasteiger partial charge in [-0.3, -0.25) is 9.80 Å². The molecule has 0 unspecified atom stereocenters. The number of halogens is 2. The average molecular weight is 538 g/mol. The third-order valence-electron chi connectivity index (χ3n) is 6.95. The molecule has 5 rings (SSSR count). The average Bonchev–Trinajstić information content (AvgIpc) is 3.23. The van der Waals surface area contributed by atoms with Crippen molar-refractivity contribution in [2.24, 2.45) is 0 Å². The molecule has 0 bridgehead atoms. The lowest BCUT2D eigenvalue weighted by molar-refractivity contribution is -0.137. The molecular weight excluding hydrogens is 509 g/mol. The number of carbonyl (C=O) groups is 2. The van der Waals surface area contributed by atoms with E-state index < -0.39 is 11.8 Å². The molecular formula is C29H29ClFN3O4. The van der Waals surface area contributed by atoms with Crippen molar-refractivity contribution in [1.29, 1.82) is 0 Å². The van der Waals surface area contributed by atoms with Crippen molar-refractivity contribution < 1.29 is 23.8 Å². The standard InChI is InChI=1S/C29H29ClFN3O4/c1-2-38-26(36)13-11-22-27-25(14-17-33(29(27)37)32-15-4-3-5-16-32)34(24-12-8-20(31)18-23(24)30)28(22)19-6-9-21(35)10-7-19/h6-13,18,35H,2-5,14-17H2,1H3. The quantitative estimate of drug-likeness (QED) is 0.326. The van der Waals surface area contributed by atoms with E-state index in [1.54, 1.807) is 48.3 Å². The largest absolute Gasteiger partial charge is 0.508 e. The van der Waals surface area contributed by atoms with Gasteiger partial charge in [-0.05, 0) is 73.9 Å². The molecule has 198 valence electrons. The van der Waals surface area contributed by atoms with E-state index in [1.807, 2.05) is 4.57 Å². The van der Waals surface area contributed by atoms with Crippen molar-refractivity contribution >= 4 is 29.6 Å². The number of hydrazine groups is 1. The van der Waals surface area contributed by atoms with Crippen LogP contribution in [0.15, 0.2) is 48.5 Å². The van der Waals surface area contributed by atoms with Crippen LogP contribution in [0.1, 0.15) is 47.8 Å². The Hall–Kier alpha value is -3.62. The van der Waals surface area contributed by atoms with Crippen molar-refractivity contribution in [3.63, 3.8) is 0 Å². The van der Waals surface area contributed by atoms with Crippen LogP contribution in [0.5, 0.6) is 5.75 Å². The molecule has 0 saturated carbocycles. The Kier molecular flexibility index (Phi) is 7.53. The molecule has 2 aromatic carbocycles. The molecule has 1 fully saturated rings. The highest BCUT2D eigenvalue weighted by molar-refractivity contribution is 6.32. The first kappa shape index (κ1) is 26.0. The highest BCUT2D eigenvalue weighted by Crippen LogP contribution is 2.41. The molecule has 1 amide bonds. The Morgan fingerprint density at radius 2 is 1.84 bits per heavy atom. The molecule has 2 aliphatic heterocycles. The minimum Gasteiger partial charge on any atom is -0.508 e. The van der Waals surface area contributed by atoms with Gasteiger partial charge in [0.2, 0.25) is 0 Å². The Morgan fingerprint density at radius 3 is 2.53 bits per heavy atom. The molecule has 3 aromatic rings. The summed E-state index contributed by atoms with van der Waals surface area (Å²) >= 11 is 6.56. The third kappa shape index (κ3) is 4.93. The predicted molar refractivity (Wildman–Crippen MR) is 144 cm³/mol. The van der Waals surface area contributed by atoms with Gasteiger partial charge in [-0.2, -0.15) is 0 Å². The number of aromatic hydroxyl groups is 1. The predicted octanol–water partition coefficient (Wildman–Crippen LogP) is 5.62. The Bertz CT molecular complexity index is 1390. The number of aromatic nitrogens is 1. The number of hydrogen-bond acceptors (Lipinski definition) is 5. The maximum atomic E-state index is 14.1. The molecule has 1 N–H and O–H groups in total. The van der Waals surface area contributed by atoms with Crippen molar-refractivity contribution in [3.05, 3.63) is 76.2 Å². The number of carbonyl (C=O) groups excluding carboxylic acids is 2. The van der Waals surface area contributed by atoms with Gasteiger partial charge in [0.15, 0.2) is 0 Å². The fourth-order valence-corrected chi connectivity index (χ4v) is 5.54. The van der Waals surface area contributed by atoms with Crippen LogP contribution in [0.2, 0.25) is 5.02 Å². The molecule has 3 heterocycles. The summed E-state index contributed by atoms with van der Waals surface area (Å²) in [6.45, 7) is 4.06. The van der Waals surface area contributed by atoms with E-state index in [1.165, 1.54) is 18.2 Å². The lowest BCUT2D eigenvalue weighted by atomic mass is 9.99. The van der Waals surface area contributed by atoms with Crippen LogP contribution in [0.3, 0.4) is 0 Å². The van der Waals surface area contributed by atoms with Gasteiger partial charge in [0.1, 0.15) is 11.6 Å². The van der Waals surface area contributed by atoms with Gasteiger partial charge in [0.25, 0.3) is 5.91 Å². The minimum atomic E-state index is -0.526. The smallest absolute Gasteiger partial charge is 0.330 e. The maximum absolute atomic E-state index is 14.1. The fraction of sp³-hybridized carbons (Fsp3) is 0.310. The second-order valence-corrected chi connectivity index (χ2v) is 9.75. The first-order chi connectivity index (χ1) is 18.4. The second kappa shape index (κ2) is 11.0. The SMILES string of the molecule is CCOC(=O)C=Cc1c2c(n(-c3ccc(F)cc3Cl)c1-c1ccc(O)cc1)CCN(N1CCCCC1)C2=O. The first-order valence-corrected chi connectivity index (χ1v) is 13.2. The van der Waals surface area contributed by atoms with Crippen molar-refractivity contribution in [1.82, 2.24) is 14.6 Å². The number of phenols is 1. The van der Waals surface area contributed by atoms with Gasteiger partial charge in [-0.25, -0.2) is 14.2 Å². The molecule has 1 aromatic heterocycles. The van der Waals surface area contributed by atoms with Gasteiger partial charge in [-0.1, -0.05) is 18.0 Å². The Labute approximate surface area is 225 Å². The van der Waals surface area contributed by atoms with Crippen molar-refractivity contribution in [2.45, 2.75) is 32.6 Å². The molecule has 0 aliphatic carbocycles. The second-order valence-electron chi connectivity index (χ2n) is 9.34. The number of amides is 1. The molecule has 9 heteroatoms. The van der Waals surface area contributed by atoms with Crippen LogP contribution in [-0.4, -0.2) is 57.8 Å². The summed E-state index contributed by atoms with van der Waals surface area (Å²) in [6, 6.07) is 10.7. The zero-order valence-electron chi connectivity index (χ0n) is 21.1. The zero-order valence-corrected chi connectivity index (χ0v) is 21.9. The minimum absolute atomic E-state index is 0.0902. The summed E-state index contributed by atoms with van der Waals surface area (Å²) in [4.78, 5) is 26.4.